The highest BCUT2D eigenvalue weighted by molar-refractivity contribution is 5.50. The molecule has 46 heavy (non-hydrogen) atoms. The van der Waals surface area contributed by atoms with Gasteiger partial charge in [-0.1, -0.05) is 30.3 Å². The highest BCUT2D eigenvalue weighted by atomic mass is 16.5. The Bertz CT molecular complexity index is 1690. The molecule has 8 nitrogen and oxygen atoms in total. The quantitative estimate of drug-likeness (QED) is 0.206. The molecule has 0 amide bonds. The lowest BCUT2D eigenvalue weighted by atomic mass is 9.86. The number of aromatic hydroxyl groups is 1. The number of phenolic OH excluding ortho intramolecular Hbond substituents is 1. The lowest BCUT2D eigenvalue weighted by Gasteiger charge is -2.35. The minimum atomic E-state index is -0.107. The number of aliphatic hydroxyl groups is 2. The molecule has 2 heterocycles. The van der Waals surface area contributed by atoms with E-state index >= 15 is 0 Å². The number of aliphatic hydroxyl groups excluding tert-OH is 2. The van der Waals surface area contributed by atoms with Crippen molar-refractivity contribution in [3.63, 3.8) is 0 Å². The van der Waals surface area contributed by atoms with Crippen molar-refractivity contribution in [2.45, 2.75) is 51.0 Å². The van der Waals surface area contributed by atoms with Crippen LogP contribution in [0.3, 0.4) is 0 Å². The molecule has 3 N–H and O–H groups in total. The summed E-state index contributed by atoms with van der Waals surface area (Å²) in [6, 6.07) is 22.2. The number of methoxy groups -OCH3 is 2. The molecule has 0 radical (unpaired) electrons. The average Bonchev–Trinajstić information content (AvgIpc) is 3.08. The summed E-state index contributed by atoms with van der Waals surface area (Å²) in [5.74, 6) is 2.67. The fourth-order valence-electron chi connectivity index (χ4n) is 6.99. The fourth-order valence-corrected chi connectivity index (χ4v) is 6.99. The number of rotatable bonds is 10. The molecule has 4 aromatic rings. The van der Waals surface area contributed by atoms with Gasteiger partial charge >= 0.3 is 0 Å². The van der Waals surface area contributed by atoms with Crippen molar-refractivity contribution >= 4 is 0 Å². The third-order valence-corrected chi connectivity index (χ3v) is 9.73. The second kappa shape index (κ2) is 13.7. The third kappa shape index (κ3) is 6.44. The Labute approximate surface area is 271 Å². The summed E-state index contributed by atoms with van der Waals surface area (Å²) in [6.07, 6.45) is 3.42. The van der Waals surface area contributed by atoms with Crippen molar-refractivity contribution in [1.29, 1.82) is 0 Å². The maximum absolute atomic E-state index is 10.7. The Balaban J connectivity index is 1.18. The summed E-state index contributed by atoms with van der Waals surface area (Å²) in [6.45, 7) is 1.68. The molecule has 0 saturated carbocycles. The molecule has 0 fully saturated rings. The van der Waals surface area contributed by atoms with Gasteiger partial charge in [0.25, 0.3) is 0 Å². The van der Waals surface area contributed by atoms with Crippen LogP contribution in [0.15, 0.2) is 66.7 Å². The lowest BCUT2D eigenvalue weighted by molar-refractivity contribution is 0.226. The van der Waals surface area contributed by atoms with Crippen LogP contribution in [0, 0.1) is 0 Å². The number of fused-ring (bicyclic) bond motifs is 2. The summed E-state index contributed by atoms with van der Waals surface area (Å²) in [4.78, 5) is 4.71. The van der Waals surface area contributed by atoms with E-state index in [0.29, 0.717) is 11.5 Å². The van der Waals surface area contributed by atoms with Crippen molar-refractivity contribution < 1.29 is 29.5 Å². The van der Waals surface area contributed by atoms with E-state index in [2.05, 4.69) is 48.2 Å². The highest BCUT2D eigenvalue weighted by Crippen LogP contribution is 2.40. The van der Waals surface area contributed by atoms with E-state index in [9.17, 15) is 15.3 Å². The van der Waals surface area contributed by atoms with E-state index in [-0.39, 0.29) is 31.0 Å². The molecule has 2 atom stereocenters. The number of nitrogens with zero attached hydrogens (tertiary/aromatic N) is 2. The first-order valence-electron chi connectivity index (χ1n) is 15.9. The fraction of sp³-hybridized carbons (Fsp3) is 0.368. The Kier molecular flexibility index (Phi) is 9.52. The lowest BCUT2D eigenvalue weighted by Crippen LogP contribution is -2.33. The molecule has 0 aromatic heterocycles. The van der Waals surface area contributed by atoms with Crippen LogP contribution >= 0.6 is 0 Å². The zero-order valence-corrected chi connectivity index (χ0v) is 27.1. The molecule has 8 heteroatoms. The Hall–Kier alpha value is -4.08. The first-order chi connectivity index (χ1) is 22.3. The van der Waals surface area contributed by atoms with Crippen LogP contribution in [0.4, 0.5) is 0 Å². The first kappa shape index (κ1) is 31.9. The molecule has 242 valence electrons. The zero-order valence-electron chi connectivity index (χ0n) is 27.1. The van der Waals surface area contributed by atoms with Gasteiger partial charge in [-0.05, 0) is 121 Å². The van der Waals surface area contributed by atoms with Gasteiger partial charge in [-0.15, -0.1) is 0 Å². The van der Waals surface area contributed by atoms with Crippen LogP contribution in [-0.4, -0.2) is 66.5 Å². The van der Waals surface area contributed by atoms with Gasteiger partial charge in [0.1, 0.15) is 5.75 Å². The van der Waals surface area contributed by atoms with E-state index < -0.39 is 0 Å². The van der Waals surface area contributed by atoms with Gasteiger partial charge in [-0.3, -0.25) is 9.80 Å². The topological polar surface area (TPSA) is 94.9 Å². The van der Waals surface area contributed by atoms with Crippen LogP contribution in [0.5, 0.6) is 28.7 Å². The van der Waals surface area contributed by atoms with Crippen molar-refractivity contribution in [3.05, 3.63) is 111 Å². The van der Waals surface area contributed by atoms with Crippen LogP contribution < -0.4 is 14.2 Å². The van der Waals surface area contributed by atoms with Gasteiger partial charge in [0.05, 0.1) is 27.4 Å². The molecule has 2 aliphatic rings. The predicted molar refractivity (Wildman–Crippen MR) is 178 cm³/mol. The summed E-state index contributed by atoms with van der Waals surface area (Å²) < 4.78 is 17.4. The summed E-state index contributed by atoms with van der Waals surface area (Å²) >= 11 is 0. The minimum absolute atomic E-state index is 0.0836. The number of likely N-dealkylation sites (N-methyl/N-ethyl adjacent to an activating group) is 2. The SMILES string of the molecule is COc1cc2c(cc1OC)C(Cc1ccc(Oc3cc(C[C@@H]4c5cc(CO)c(CO)cc5CCN4C)ccc3O)cc1)N(C)CC2. The largest absolute Gasteiger partial charge is 0.504 e. The van der Waals surface area contributed by atoms with Gasteiger partial charge in [0.15, 0.2) is 23.0 Å². The van der Waals surface area contributed by atoms with E-state index in [1.807, 2.05) is 36.4 Å². The second-order valence-electron chi connectivity index (χ2n) is 12.5. The molecule has 1 unspecified atom stereocenters. The number of phenols is 1. The van der Waals surface area contributed by atoms with Gasteiger partial charge < -0.3 is 29.5 Å². The van der Waals surface area contributed by atoms with Crippen LogP contribution in [0.1, 0.15) is 56.6 Å². The maximum Gasteiger partial charge on any atom is 0.169 e. The molecule has 2 aliphatic heterocycles. The number of hydrogen-bond donors (Lipinski definition) is 3. The van der Waals surface area contributed by atoms with Gasteiger partial charge in [0.2, 0.25) is 0 Å². The average molecular weight is 625 g/mol. The smallest absolute Gasteiger partial charge is 0.169 e. The van der Waals surface area contributed by atoms with Gasteiger partial charge in [0, 0.05) is 25.2 Å². The van der Waals surface area contributed by atoms with E-state index in [1.54, 1.807) is 20.3 Å². The minimum Gasteiger partial charge on any atom is -0.504 e. The van der Waals surface area contributed by atoms with Crippen LogP contribution in [-0.2, 0) is 38.9 Å². The Morgan fingerprint density at radius 1 is 0.652 bits per heavy atom. The monoisotopic (exact) mass is 624 g/mol. The molecule has 0 spiro atoms. The molecule has 0 saturated heterocycles. The van der Waals surface area contributed by atoms with Crippen LogP contribution in [0.2, 0.25) is 0 Å². The predicted octanol–water partition coefficient (Wildman–Crippen LogP) is 5.73. The van der Waals surface area contributed by atoms with E-state index in [1.165, 1.54) is 27.8 Å². The van der Waals surface area contributed by atoms with Crippen LogP contribution in [0.25, 0.3) is 0 Å². The molecule has 0 aliphatic carbocycles. The second-order valence-corrected chi connectivity index (χ2v) is 12.5. The summed E-state index contributed by atoms with van der Waals surface area (Å²) in [5, 5.41) is 30.4. The first-order valence-corrected chi connectivity index (χ1v) is 15.9. The third-order valence-electron chi connectivity index (χ3n) is 9.73. The van der Waals surface area contributed by atoms with Crippen molar-refractivity contribution in [3.8, 4) is 28.7 Å². The normalized spacial score (nSPS) is 18.1. The molecular formula is C38H44N2O6. The maximum atomic E-state index is 10.7. The van der Waals surface area contributed by atoms with Crippen molar-refractivity contribution in [2.24, 2.45) is 0 Å². The number of ether oxygens (including phenoxy) is 3. The molecule has 6 rings (SSSR count). The van der Waals surface area contributed by atoms with Gasteiger partial charge in [-0.2, -0.15) is 0 Å². The zero-order chi connectivity index (χ0) is 32.4. The number of benzene rings is 4. The Morgan fingerprint density at radius 2 is 1.20 bits per heavy atom. The molecule has 4 aromatic carbocycles. The number of hydrogen-bond acceptors (Lipinski definition) is 8. The summed E-state index contributed by atoms with van der Waals surface area (Å²) in [7, 11) is 7.63. The highest BCUT2D eigenvalue weighted by Gasteiger charge is 2.28. The molecular weight excluding hydrogens is 580 g/mol. The van der Waals surface area contributed by atoms with E-state index in [4.69, 9.17) is 14.2 Å². The van der Waals surface area contributed by atoms with Crippen molar-refractivity contribution in [1.82, 2.24) is 9.80 Å². The molecule has 0 bridgehead atoms. The van der Waals surface area contributed by atoms with Crippen molar-refractivity contribution in [2.75, 3.05) is 41.4 Å². The Morgan fingerprint density at radius 3 is 1.83 bits per heavy atom. The standard InChI is InChI=1S/C38H44N2O6/c1-39-14-12-27-20-37(44-3)38(45-4)21-32(27)33(39)15-24-5-8-30(9-6-24)46-36-17-25(7-10-35(36)43)16-34-31-19-29(23-42)28(22-41)18-26(31)11-13-40(34)2/h5-10,17-21,33-34,41-43H,11-16,22-23H2,1-4H3/t33?,34-/m1/s1. The summed E-state index contributed by atoms with van der Waals surface area (Å²) in [5.41, 5.74) is 8.72. The van der Waals surface area contributed by atoms with E-state index in [0.717, 1.165) is 67.0 Å². The van der Waals surface area contributed by atoms with Gasteiger partial charge in [-0.25, -0.2) is 0 Å².